The van der Waals surface area contributed by atoms with Crippen LogP contribution in [0.25, 0.3) is 0 Å². The Bertz CT molecular complexity index is 265. The number of ether oxygens (including phenoxy) is 2. The Morgan fingerprint density at radius 3 is 2.56 bits per heavy atom. The first-order chi connectivity index (χ1) is 7.65. The molecule has 4 nitrogen and oxygen atoms in total. The van der Waals surface area contributed by atoms with Crippen molar-refractivity contribution in [1.82, 2.24) is 4.90 Å². The van der Waals surface area contributed by atoms with E-state index in [0.29, 0.717) is 12.0 Å². The molecule has 1 aliphatic heterocycles. The second-order valence-electron chi connectivity index (χ2n) is 4.90. The molecule has 0 N–H and O–H groups in total. The fourth-order valence-electron chi connectivity index (χ4n) is 2.69. The van der Waals surface area contributed by atoms with E-state index in [1.165, 1.54) is 7.11 Å². The summed E-state index contributed by atoms with van der Waals surface area (Å²) in [6.07, 6.45) is 3.52. The van der Waals surface area contributed by atoms with Crippen LogP contribution >= 0.6 is 0 Å². The van der Waals surface area contributed by atoms with E-state index >= 15 is 0 Å². The summed E-state index contributed by atoms with van der Waals surface area (Å²) in [5, 5.41) is 0. The summed E-state index contributed by atoms with van der Waals surface area (Å²) < 4.78 is 10.5. The predicted octanol–water partition coefficient (Wildman–Crippen LogP) is 1.05. The maximum atomic E-state index is 11.8. The van der Waals surface area contributed by atoms with Crippen molar-refractivity contribution < 1.29 is 14.3 Å². The van der Waals surface area contributed by atoms with Gasteiger partial charge < -0.3 is 9.47 Å². The molecule has 1 saturated carbocycles. The van der Waals surface area contributed by atoms with Crippen LogP contribution in [0.3, 0.4) is 0 Å². The molecule has 1 aliphatic carbocycles. The molecule has 92 valence electrons. The van der Waals surface area contributed by atoms with Crippen LogP contribution in [0.4, 0.5) is 0 Å². The molecule has 0 amide bonds. The Balaban J connectivity index is 2.04. The molecule has 3 unspecified atom stereocenters. The van der Waals surface area contributed by atoms with Crippen LogP contribution in [0, 0.1) is 5.92 Å². The molecule has 16 heavy (non-hydrogen) atoms. The highest BCUT2D eigenvalue weighted by Gasteiger charge is 2.43. The molecular formula is C12H21NO3. The average molecular weight is 227 g/mol. The van der Waals surface area contributed by atoms with Gasteiger partial charge in [-0.2, -0.15) is 0 Å². The summed E-state index contributed by atoms with van der Waals surface area (Å²) in [5.74, 6) is 0.398. The van der Waals surface area contributed by atoms with Gasteiger partial charge in [-0.25, -0.2) is 0 Å². The lowest BCUT2D eigenvalue weighted by Crippen LogP contribution is -2.49. The molecule has 0 radical (unpaired) electrons. The lowest BCUT2D eigenvalue weighted by atomic mass is 10.0. The number of carbonyl (C=O) groups is 1. The minimum Gasteiger partial charge on any atom is -0.468 e. The monoisotopic (exact) mass is 227 g/mol. The van der Waals surface area contributed by atoms with Crippen molar-refractivity contribution in [3.63, 3.8) is 0 Å². The third-order valence-electron chi connectivity index (χ3n) is 3.81. The highest BCUT2D eigenvalue weighted by atomic mass is 16.5. The third kappa shape index (κ3) is 2.23. The lowest BCUT2D eigenvalue weighted by molar-refractivity contribution is -0.148. The van der Waals surface area contributed by atoms with Gasteiger partial charge in [0.1, 0.15) is 6.04 Å². The summed E-state index contributed by atoms with van der Waals surface area (Å²) in [6.45, 7) is 2.88. The highest BCUT2D eigenvalue weighted by molar-refractivity contribution is 5.76. The first kappa shape index (κ1) is 11.9. The molecule has 2 aliphatic rings. The van der Waals surface area contributed by atoms with Crippen molar-refractivity contribution in [3.05, 3.63) is 0 Å². The van der Waals surface area contributed by atoms with E-state index in [1.807, 2.05) is 7.05 Å². The number of nitrogens with zero attached hydrogens (tertiary/aromatic N) is 1. The van der Waals surface area contributed by atoms with Crippen LogP contribution in [0.1, 0.15) is 26.2 Å². The summed E-state index contributed by atoms with van der Waals surface area (Å²) in [5.41, 5.74) is 0. The number of methoxy groups -OCH3 is 1. The zero-order chi connectivity index (χ0) is 11.7. The summed E-state index contributed by atoms with van der Waals surface area (Å²) >= 11 is 0. The van der Waals surface area contributed by atoms with Gasteiger partial charge in [-0.05, 0) is 39.2 Å². The fourth-order valence-corrected chi connectivity index (χ4v) is 2.69. The van der Waals surface area contributed by atoms with Crippen LogP contribution in [-0.4, -0.2) is 49.8 Å². The number of hydrogen-bond acceptors (Lipinski definition) is 4. The number of carbonyl (C=O) groups excluding carboxylic acids is 1. The minimum atomic E-state index is -0.0934. The van der Waals surface area contributed by atoms with Gasteiger partial charge in [-0.3, -0.25) is 9.69 Å². The largest absolute Gasteiger partial charge is 0.468 e. The van der Waals surface area contributed by atoms with E-state index in [2.05, 4.69) is 11.8 Å². The van der Waals surface area contributed by atoms with Crippen LogP contribution in [0.2, 0.25) is 0 Å². The molecule has 0 aromatic heterocycles. The predicted molar refractivity (Wildman–Crippen MR) is 60.1 cm³/mol. The molecule has 0 aromatic carbocycles. The van der Waals surface area contributed by atoms with Gasteiger partial charge in [0.25, 0.3) is 0 Å². The minimum absolute atomic E-state index is 0.0702. The van der Waals surface area contributed by atoms with Crippen molar-refractivity contribution in [2.45, 2.75) is 44.4 Å². The fraction of sp³-hybridized carbons (Fsp3) is 0.917. The second-order valence-corrected chi connectivity index (χ2v) is 4.90. The Morgan fingerprint density at radius 2 is 2.12 bits per heavy atom. The zero-order valence-electron chi connectivity index (χ0n) is 10.3. The maximum Gasteiger partial charge on any atom is 0.323 e. The van der Waals surface area contributed by atoms with E-state index in [0.717, 1.165) is 25.9 Å². The van der Waals surface area contributed by atoms with Gasteiger partial charge >= 0.3 is 5.97 Å². The van der Waals surface area contributed by atoms with Gasteiger partial charge in [-0.15, -0.1) is 0 Å². The van der Waals surface area contributed by atoms with Crippen molar-refractivity contribution >= 4 is 5.97 Å². The quantitative estimate of drug-likeness (QED) is 0.673. The molecule has 1 saturated heterocycles. The van der Waals surface area contributed by atoms with Crippen LogP contribution in [-0.2, 0) is 14.3 Å². The Morgan fingerprint density at radius 1 is 1.44 bits per heavy atom. The normalized spacial score (nSPS) is 31.8. The molecule has 3 atom stereocenters. The Labute approximate surface area is 96.9 Å². The summed E-state index contributed by atoms with van der Waals surface area (Å²) in [7, 11) is 3.50. The smallest absolute Gasteiger partial charge is 0.323 e. The summed E-state index contributed by atoms with van der Waals surface area (Å²) in [4.78, 5) is 14.0. The molecule has 1 heterocycles. The van der Waals surface area contributed by atoms with Crippen LogP contribution in [0.15, 0.2) is 0 Å². The van der Waals surface area contributed by atoms with Crippen molar-refractivity contribution in [1.29, 1.82) is 0 Å². The SMILES string of the molecule is COC(=O)C(C1CC1)N(C)C1CCOC1C. The van der Waals surface area contributed by atoms with Gasteiger partial charge in [0.2, 0.25) is 0 Å². The van der Waals surface area contributed by atoms with E-state index in [4.69, 9.17) is 9.47 Å². The van der Waals surface area contributed by atoms with Gasteiger partial charge in [0.15, 0.2) is 0 Å². The van der Waals surface area contributed by atoms with Crippen LogP contribution in [0.5, 0.6) is 0 Å². The van der Waals surface area contributed by atoms with Crippen molar-refractivity contribution in [2.75, 3.05) is 20.8 Å². The first-order valence-electron chi connectivity index (χ1n) is 6.06. The summed E-state index contributed by atoms with van der Waals surface area (Å²) in [6, 6.07) is 0.281. The number of esters is 1. The highest BCUT2D eigenvalue weighted by Crippen LogP contribution is 2.37. The topological polar surface area (TPSA) is 38.8 Å². The Hall–Kier alpha value is -0.610. The molecule has 0 bridgehead atoms. The maximum absolute atomic E-state index is 11.8. The van der Waals surface area contributed by atoms with Crippen molar-refractivity contribution in [2.24, 2.45) is 5.92 Å². The molecule has 0 spiro atoms. The average Bonchev–Trinajstić information content (AvgIpc) is 3.00. The lowest BCUT2D eigenvalue weighted by Gasteiger charge is -2.32. The molecular weight excluding hydrogens is 206 g/mol. The molecule has 4 heteroatoms. The zero-order valence-corrected chi connectivity index (χ0v) is 10.3. The number of rotatable bonds is 4. The van der Waals surface area contributed by atoms with Gasteiger partial charge in [0, 0.05) is 12.6 Å². The molecule has 0 aromatic rings. The van der Waals surface area contributed by atoms with E-state index < -0.39 is 0 Å². The molecule has 2 rings (SSSR count). The first-order valence-corrected chi connectivity index (χ1v) is 6.06. The van der Waals surface area contributed by atoms with E-state index in [-0.39, 0.29) is 18.1 Å². The van der Waals surface area contributed by atoms with Crippen molar-refractivity contribution in [3.8, 4) is 0 Å². The third-order valence-corrected chi connectivity index (χ3v) is 3.81. The second kappa shape index (κ2) is 4.72. The van der Waals surface area contributed by atoms with E-state index in [9.17, 15) is 4.79 Å². The Kier molecular flexibility index (Phi) is 3.50. The van der Waals surface area contributed by atoms with E-state index in [1.54, 1.807) is 0 Å². The standard InChI is InChI=1S/C12H21NO3/c1-8-10(6-7-16-8)13(2)11(9-4-5-9)12(14)15-3/h8-11H,4-7H2,1-3H3. The van der Waals surface area contributed by atoms with Gasteiger partial charge in [0.05, 0.1) is 13.2 Å². The van der Waals surface area contributed by atoms with Gasteiger partial charge in [-0.1, -0.05) is 0 Å². The molecule has 2 fully saturated rings. The number of hydrogen-bond donors (Lipinski definition) is 0. The number of likely N-dealkylation sites (N-methyl/N-ethyl adjacent to an activating group) is 1. The van der Waals surface area contributed by atoms with Crippen LogP contribution < -0.4 is 0 Å².